The average molecular weight is 383 g/mol. The zero-order valence-corrected chi connectivity index (χ0v) is 16.8. The molecule has 2 fully saturated rings. The molecule has 2 aliphatic heterocycles. The lowest BCUT2D eigenvalue weighted by molar-refractivity contribution is -0.135. The van der Waals surface area contributed by atoms with Crippen LogP contribution in [0.1, 0.15) is 44.7 Å². The lowest BCUT2D eigenvalue weighted by Gasteiger charge is -2.35. The Morgan fingerprint density at radius 2 is 1.85 bits per heavy atom. The fraction of sp³-hybridized carbons (Fsp3) is 0.778. The summed E-state index contributed by atoms with van der Waals surface area (Å²) in [5, 5.41) is 4.27. The minimum absolute atomic E-state index is 0.0527. The normalized spacial score (nSPS) is 24.0. The number of carbonyl (C=O) groups is 1. The molecule has 0 saturated carbocycles. The first-order chi connectivity index (χ1) is 12.3. The van der Waals surface area contributed by atoms with Crippen molar-refractivity contribution in [3.05, 3.63) is 11.9 Å². The van der Waals surface area contributed by atoms with Crippen LogP contribution in [0.5, 0.6) is 0 Å². The predicted molar refractivity (Wildman–Crippen MR) is 99.1 cm³/mol. The van der Waals surface area contributed by atoms with E-state index in [1.807, 2.05) is 18.9 Å². The molecule has 8 heteroatoms. The highest BCUT2D eigenvalue weighted by Crippen LogP contribution is 2.33. The van der Waals surface area contributed by atoms with Crippen molar-refractivity contribution in [3.8, 4) is 0 Å². The zero-order valence-electron chi connectivity index (χ0n) is 16.0. The molecule has 3 heterocycles. The average Bonchev–Trinajstić information content (AvgIpc) is 2.94. The van der Waals surface area contributed by atoms with Gasteiger partial charge in [0, 0.05) is 45.3 Å². The molecule has 1 aromatic heterocycles. The van der Waals surface area contributed by atoms with Gasteiger partial charge in [-0.05, 0) is 45.4 Å². The van der Waals surface area contributed by atoms with Gasteiger partial charge in [0.05, 0.1) is 5.69 Å². The number of aromatic nitrogens is 2. The third kappa shape index (κ3) is 3.67. The van der Waals surface area contributed by atoms with Gasteiger partial charge in [-0.15, -0.1) is 0 Å². The summed E-state index contributed by atoms with van der Waals surface area (Å²) in [5.41, 5.74) is 0.551. The Bertz CT molecular complexity index is 750. The van der Waals surface area contributed by atoms with Gasteiger partial charge < -0.3 is 4.90 Å². The van der Waals surface area contributed by atoms with Crippen molar-refractivity contribution in [2.75, 3.05) is 26.7 Å². The van der Waals surface area contributed by atoms with E-state index in [1.165, 1.54) is 0 Å². The van der Waals surface area contributed by atoms with Crippen molar-refractivity contribution in [2.45, 2.75) is 57.4 Å². The summed E-state index contributed by atoms with van der Waals surface area (Å²) in [6.45, 7) is 6.13. The smallest absolute Gasteiger partial charge is 0.246 e. The van der Waals surface area contributed by atoms with E-state index in [1.54, 1.807) is 22.1 Å². The molecule has 0 radical (unpaired) electrons. The third-order valence-corrected chi connectivity index (χ3v) is 7.86. The highest BCUT2D eigenvalue weighted by Gasteiger charge is 2.37. The van der Waals surface area contributed by atoms with Crippen molar-refractivity contribution >= 4 is 15.9 Å². The second-order valence-corrected chi connectivity index (χ2v) is 9.44. The van der Waals surface area contributed by atoms with Crippen molar-refractivity contribution < 1.29 is 13.2 Å². The predicted octanol–water partition coefficient (Wildman–Crippen LogP) is 1.87. The van der Waals surface area contributed by atoms with Crippen molar-refractivity contribution in [2.24, 2.45) is 11.8 Å². The second kappa shape index (κ2) is 7.68. The third-order valence-electron chi connectivity index (χ3n) is 5.86. The highest BCUT2D eigenvalue weighted by atomic mass is 32.2. The van der Waals surface area contributed by atoms with Crippen LogP contribution >= 0.6 is 0 Å². The summed E-state index contributed by atoms with van der Waals surface area (Å²) in [6.07, 6.45) is 6.21. The monoisotopic (exact) mass is 382 g/mol. The fourth-order valence-electron chi connectivity index (χ4n) is 4.24. The SMILES string of the molecule is CCn1cc(S(=O)(=O)N2CCC([C@H]3CCCCN(C)C3=O)CC2)c(C)n1. The molecule has 0 aromatic carbocycles. The number of rotatable bonds is 4. The van der Waals surface area contributed by atoms with Crippen LogP contribution in [0.4, 0.5) is 0 Å². The topological polar surface area (TPSA) is 75.5 Å². The maximum absolute atomic E-state index is 13.0. The molecule has 0 aliphatic carbocycles. The van der Waals surface area contributed by atoms with E-state index >= 15 is 0 Å². The Hall–Kier alpha value is -1.41. The number of likely N-dealkylation sites (tertiary alicyclic amines) is 1. The molecule has 0 spiro atoms. The Labute approximate surface area is 156 Å². The van der Waals surface area contributed by atoms with Crippen LogP contribution in [0.15, 0.2) is 11.1 Å². The molecule has 7 nitrogen and oxygen atoms in total. The van der Waals surface area contributed by atoms with E-state index in [-0.39, 0.29) is 17.7 Å². The minimum Gasteiger partial charge on any atom is -0.346 e. The van der Waals surface area contributed by atoms with Gasteiger partial charge in [0.1, 0.15) is 4.90 Å². The molecule has 1 aromatic rings. The standard InChI is InChI=1S/C18H30N4O3S/c1-4-21-13-17(14(2)19-21)26(24,25)22-11-8-15(9-12-22)16-7-5-6-10-20(3)18(16)23/h13,15-16H,4-12H2,1-3H3/t16-/m1/s1. The first-order valence-electron chi connectivity index (χ1n) is 9.63. The van der Waals surface area contributed by atoms with E-state index in [2.05, 4.69) is 5.10 Å². The van der Waals surface area contributed by atoms with Crippen molar-refractivity contribution in [3.63, 3.8) is 0 Å². The molecule has 2 aliphatic rings. The highest BCUT2D eigenvalue weighted by molar-refractivity contribution is 7.89. The minimum atomic E-state index is -3.51. The first-order valence-corrected chi connectivity index (χ1v) is 11.1. The lowest BCUT2D eigenvalue weighted by atomic mass is 9.81. The molecule has 0 bridgehead atoms. The summed E-state index contributed by atoms with van der Waals surface area (Å²) in [6, 6.07) is 0. The van der Waals surface area contributed by atoms with Gasteiger partial charge in [0.2, 0.25) is 15.9 Å². The van der Waals surface area contributed by atoms with Gasteiger partial charge in [0.15, 0.2) is 0 Å². The first kappa shape index (κ1) is 19.4. The molecule has 26 heavy (non-hydrogen) atoms. The molecular formula is C18H30N4O3S. The number of hydrogen-bond acceptors (Lipinski definition) is 4. The van der Waals surface area contributed by atoms with Crippen LogP contribution in [0.2, 0.25) is 0 Å². The van der Waals surface area contributed by atoms with Crippen LogP contribution in [-0.2, 0) is 21.4 Å². The Kier molecular flexibility index (Phi) is 5.72. The number of hydrogen-bond donors (Lipinski definition) is 0. The lowest BCUT2D eigenvalue weighted by Crippen LogP contribution is -2.43. The fourth-order valence-corrected chi connectivity index (χ4v) is 5.88. The maximum Gasteiger partial charge on any atom is 0.246 e. The van der Waals surface area contributed by atoms with Crippen LogP contribution in [0.3, 0.4) is 0 Å². The maximum atomic E-state index is 13.0. The quantitative estimate of drug-likeness (QED) is 0.797. The molecule has 1 amide bonds. The summed E-state index contributed by atoms with van der Waals surface area (Å²) in [7, 11) is -1.63. The molecule has 0 N–H and O–H groups in total. The van der Waals surface area contributed by atoms with E-state index in [9.17, 15) is 13.2 Å². The van der Waals surface area contributed by atoms with Gasteiger partial charge in [0.25, 0.3) is 0 Å². The largest absolute Gasteiger partial charge is 0.346 e. The number of sulfonamides is 1. The summed E-state index contributed by atoms with van der Waals surface area (Å²) >= 11 is 0. The Balaban J connectivity index is 1.69. The summed E-state index contributed by atoms with van der Waals surface area (Å²) in [4.78, 5) is 14.8. The molecule has 1 atom stereocenters. The van der Waals surface area contributed by atoms with Gasteiger partial charge in [-0.1, -0.05) is 6.42 Å². The number of nitrogens with zero attached hydrogens (tertiary/aromatic N) is 4. The summed E-state index contributed by atoms with van der Waals surface area (Å²) in [5.74, 6) is 0.578. The number of piperidine rings is 1. The number of amides is 1. The molecule has 2 saturated heterocycles. The van der Waals surface area contributed by atoms with E-state index in [4.69, 9.17) is 0 Å². The number of carbonyl (C=O) groups excluding carboxylic acids is 1. The van der Waals surface area contributed by atoms with Gasteiger partial charge in [-0.2, -0.15) is 9.40 Å². The van der Waals surface area contributed by atoms with Crippen molar-refractivity contribution in [1.82, 2.24) is 19.0 Å². The molecule has 3 rings (SSSR count). The molecular weight excluding hydrogens is 352 g/mol. The van der Waals surface area contributed by atoms with E-state index in [0.29, 0.717) is 30.2 Å². The van der Waals surface area contributed by atoms with Crippen LogP contribution in [0, 0.1) is 18.8 Å². The molecule has 146 valence electrons. The van der Waals surface area contributed by atoms with Gasteiger partial charge >= 0.3 is 0 Å². The van der Waals surface area contributed by atoms with Crippen LogP contribution in [-0.4, -0.2) is 60.0 Å². The van der Waals surface area contributed by atoms with Crippen molar-refractivity contribution in [1.29, 1.82) is 0 Å². The number of aryl methyl sites for hydroxylation is 2. The van der Waals surface area contributed by atoms with Crippen LogP contribution < -0.4 is 0 Å². The Morgan fingerprint density at radius 3 is 2.46 bits per heavy atom. The summed E-state index contributed by atoms with van der Waals surface area (Å²) < 4.78 is 29.2. The van der Waals surface area contributed by atoms with Gasteiger partial charge in [-0.25, -0.2) is 8.42 Å². The van der Waals surface area contributed by atoms with E-state index < -0.39 is 10.0 Å². The Morgan fingerprint density at radius 1 is 1.15 bits per heavy atom. The van der Waals surface area contributed by atoms with Gasteiger partial charge in [-0.3, -0.25) is 9.48 Å². The molecule has 0 unspecified atom stereocenters. The zero-order chi connectivity index (χ0) is 18.9. The van der Waals surface area contributed by atoms with E-state index in [0.717, 1.165) is 38.6 Å². The van der Waals surface area contributed by atoms with Crippen LogP contribution in [0.25, 0.3) is 0 Å². The second-order valence-electron chi connectivity index (χ2n) is 7.54.